The van der Waals surface area contributed by atoms with E-state index in [1.54, 1.807) is 0 Å². The van der Waals surface area contributed by atoms with Gasteiger partial charge in [0.05, 0.1) is 12.7 Å². The van der Waals surface area contributed by atoms with Crippen molar-refractivity contribution in [2.24, 2.45) is 5.92 Å². The van der Waals surface area contributed by atoms with Crippen LogP contribution in [0.25, 0.3) is 0 Å². The summed E-state index contributed by atoms with van der Waals surface area (Å²) in [6.45, 7) is 2.74. The third-order valence-corrected chi connectivity index (χ3v) is 2.99. The summed E-state index contributed by atoms with van der Waals surface area (Å²) in [6.07, 6.45) is -0.987. The number of carbonyl (C=O) groups excluding carboxylic acids is 1. The number of Topliss-reactive ketones (excluding diaryl/α,β-unsaturated/α-hetero) is 1. The highest BCUT2D eigenvalue weighted by molar-refractivity contribution is 5.80. The van der Waals surface area contributed by atoms with Gasteiger partial charge in [-0.15, -0.1) is 0 Å². The van der Waals surface area contributed by atoms with E-state index in [9.17, 15) is 9.90 Å². The maximum absolute atomic E-state index is 11.1. The quantitative estimate of drug-likeness (QED) is 0.687. The summed E-state index contributed by atoms with van der Waals surface area (Å²) < 4.78 is 16.0. The molecule has 5 nitrogen and oxygen atoms in total. The second kappa shape index (κ2) is 4.57. The van der Waals surface area contributed by atoms with E-state index in [0.29, 0.717) is 13.2 Å². The molecule has 2 fully saturated rings. The second-order valence-corrected chi connectivity index (χ2v) is 4.06. The van der Waals surface area contributed by atoms with E-state index >= 15 is 0 Å². The molecule has 1 N–H and O–H groups in total. The highest BCUT2D eigenvalue weighted by Gasteiger charge is 2.42. The highest BCUT2D eigenvalue weighted by Crippen LogP contribution is 2.29. The average Bonchev–Trinajstić information content (AvgIpc) is 2.27. The molecule has 5 heteroatoms. The van der Waals surface area contributed by atoms with Crippen molar-refractivity contribution in [1.29, 1.82) is 0 Å². The number of ether oxygens (including phenoxy) is 3. The zero-order valence-electron chi connectivity index (χ0n) is 8.72. The summed E-state index contributed by atoms with van der Waals surface area (Å²) >= 11 is 0. The SMILES string of the molecule is CC(=O)C(O)C1OCCC2COCOC21. The van der Waals surface area contributed by atoms with Crippen molar-refractivity contribution < 1.29 is 24.1 Å². The Balaban J connectivity index is 2.06. The Labute approximate surface area is 88.3 Å². The zero-order valence-corrected chi connectivity index (χ0v) is 8.72. The minimum absolute atomic E-state index is 0.214. The molecule has 2 rings (SSSR count). The first-order valence-electron chi connectivity index (χ1n) is 5.19. The number of aliphatic hydroxyl groups is 1. The molecule has 0 bridgehead atoms. The van der Waals surface area contributed by atoms with Crippen LogP contribution in [-0.4, -0.2) is 49.2 Å². The third-order valence-electron chi connectivity index (χ3n) is 2.99. The number of aliphatic hydroxyl groups excluding tert-OH is 1. The fourth-order valence-corrected chi connectivity index (χ4v) is 2.12. The summed E-state index contributed by atoms with van der Waals surface area (Å²) in [7, 11) is 0. The number of fused-ring (bicyclic) bond motifs is 1. The minimum atomic E-state index is -1.09. The molecule has 4 atom stereocenters. The van der Waals surface area contributed by atoms with Gasteiger partial charge in [-0.2, -0.15) is 0 Å². The Morgan fingerprint density at radius 3 is 3.00 bits per heavy atom. The van der Waals surface area contributed by atoms with Gasteiger partial charge < -0.3 is 19.3 Å². The molecule has 0 spiro atoms. The maximum Gasteiger partial charge on any atom is 0.160 e. The standard InChI is InChI=1S/C10H16O5/c1-6(11)8(12)10-9-7(2-3-14-10)4-13-5-15-9/h7-10,12H,2-5H2,1H3. The Bertz CT molecular complexity index is 240. The van der Waals surface area contributed by atoms with Crippen molar-refractivity contribution in [2.45, 2.75) is 31.7 Å². The van der Waals surface area contributed by atoms with Crippen LogP contribution in [0.5, 0.6) is 0 Å². The molecular formula is C10H16O5. The van der Waals surface area contributed by atoms with Crippen molar-refractivity contribution in [2.75, 3.05) is 20.0 Å². The minimum Gasteiger partial charge on any atom is -0.382 e. The second-order valence-electron chi connectivity index (χ2n) is 4.06. The molecule has 86 valence electrons. The molecule has 2 aliphatic rings. The van der Waals surface area contributed by atoms with Crippen LogP contribution in [0.2, 0.25) is 0 Å². The van der Waals surface area contributed by atoms with E-state index in [0.717, 1.165) is 6.42 Å². The predicted molar refractivity (Wildman–Crippen MR) is 50.2 cm³/mol. The van der Waals surface area contributed by atoms with Crippen LogP contribution in [0.1, 0.15) is 13.3 Å². The highest BCUT2D eigenvalue weighted by atomic mass is 16.7. The first-order chi connectivity index (χ1) is 7.20. The van der Waals surface area contributed by atoms with Gasteiger partial charge in [-0.3, -0.25) is 4.79 Å². The molecule has 0 amide bonds. The van der Waals surface area contributed by atoms with Crippen molar-refractivity contribution in [3.8, 4) is 0 Å². The van der Waals surface area contributed by atoms with Gasteiger partial charge >= 0.3 is 0 Å². The van der Waals surface area contributed by atoms with Gasteiger partial charge in [0.1, 0.15) is 19.0 Å². The number of hydrogen-bond acceptors (Lipinski definition) is 5. The fourth-order valence-electron chi connectivity index (χ4n) is 2.12. The fraction of sp³-hybridized carbons (Fsp3) is 0.900. The Hall–Kier alpha value is -0.490. The van der Waals surface area contributed by atoms with Gasteiger partial charge in [-0.1, -0.05) is 0 Å². The Kier molecular flexibility index (Phi) is 3.35. The lowest BCUT2D eigenvalue weighted by molar-refractivity contribution is -0.244. The molecule has 0 aromatic rings. The van der Waals surface area contributed by atoms with Gasteiger partial charge in [-0.05, 0) is 13.3 Å². The summed E-state index contributed by atoms with van der Waals surface area (Å²) in [5.41, 5.74) is 0. The molecule has 2 heterocycles. The van der Waals surface area contributed by atoms with Crippen molar-refractivity contribution in [1.82, 2.24) is 0 Å². The number of rotatable bonds is 2. The maximum atomic E-state index is 11.1. The molecule has 2 aliphatic heterocycles. The summed E-state index contributed by atoms with van der Waals surface area (Å²) in [5, 5.41) is 9.69. The number of hydrogen-bond donors (Lipinski definition) is 1. The van der Waals surface area contributed by atoms with E-state index in [-0.39, 0.29) is 24.6 Å². The lowest BCUT2D eigenvalue weighted by atomic mass is 9.88. The van der Waals surface area contributed by atoms with Crippen molar-refractivity contribution in [3.63, 3.8) is 0 Å². The van der Waals surface area contributed by atoms with Gasteiger partial charge in [-0.25, -0.2) is 0 Å². The lowest BCUT2D eigenvalue weighted by Crippen LogP contribution is -2.54. The lowest BCUT2D eigenvalue weighted by Gasteiger charge is -2.41. The number of carbonyl (C=O) groups is 1. The molecule has 0 saturated carbocycles. The van der Waals surface area contributed by atoms with Crippen molar-refractivity contribution in [3.05, 3.63) is 0 Å². The molecular weight excluding hydrogens is 200 g/mol. The van der Waals surface area contributed by atoms with Crippen LogP contribution >= 0.6 is 0 Å². The van der Waals surface area contributed by atoms with E-state index in [1.165, 1.54) is 6.92 Å². The predicted octanol–water partition coefficient (Wildman–Crippen LogP) is -0.286. The first-order valence-corrected chi connectivity index (χ1v) is 5.19. The molecule has 0 aromatic carbocycles. The van der Waals surface area contributed by atoms with Crippen LogP contribution in [0.4, 0.5) is 0 Å². The number of ketones is 1. The topological polar surface area (TPSA) is 65.0 Å². The van der Waals surface area contributed by atoms with E-state index < -0.39 is 12.2 Å². The zero-order chi connectivity index (χ0) is 10.8. The van der Waals surface area contributed by atoms with Crippen LogP contribution < -0.4 is 0 Å². The molecule has 2 saturated heterocycles. The average molecular weight is 216 g/mol. The molecule has 15 heavy (non-hydrogen) atoms. The molecule has 0 aliphatic carbocycles. The van der Waals surface area contributed by atoms with E-state index in [1.807, 2.05) is 0 Å². The first kappa shape index (κ1) is 11.0. The monoisotopic (exact) mass is 216 g/mol. The van der Waals surface area contributed by atoms with Crippen LogP contribution in [0.3, 0.4) is 0 Å². The van der Waals surface area contributed by atoms with Gasteiger partial charge in [0.15, 0.2) is 5.78 Å². The summed E-state index contributed by atoms with van der Waals surface area (Å²) in [6, 6.07) is 0. The summed E-state index contributed by atoms with van der Waals surface area (Å²) in [5.74, 6) is -0.0535. The van der Waals surface area contributed by atoms with Gasteiger partial charge in [0.2, 0.25) is 0 Å². The van der Waals surface area contributed by atoms with Crippen molar-refractivity contribution >= 4 is 5.78 Å². The van der Waals surface area contributed by atoms with Gasteiger partial charge in [0.25, 0.3) is 0 Å². The molecule has 0 radical (unpaired) electrons. The van der Waals surface area contributed by atoms with E-state index in [2.05, 4.69) is 0 Å². The van der Waals surface area contributed by atoms with Crippen LogP contribution in [0.15, 0.2) is 0 Å². The third kappa shape index (κ3) is 2.20. The molecule has 0 aromatic heterocycles. The molecule has 4 unspecified atom stereocenters. The van der Waals surface area contributed by atoms with E-state index in [4.69, 9.17) is 14.2 Å². The smallest absolute Gasteiger partial charge is 0.160 e. The Morgan fingerprint density at radius 2 is 2.27 bits per heavy atom. The summed E-state index contributed by atoms with van der Waals surface area (Å²) in [4.78, 5) is 11.1. The van der Waals surface area contributed by atoms with Crippen LogP contribution in [-0.2, 0) is 19.0 Å². The normalized spacial score (nSPS) is 38.1. The Morgan fingerprint density at radius 1 is 1.47 bits per heavy atom. The van der Waals surface area contributed by atoms with Crippen LogP contribution in [0, 0.1) is 5.92 Å². The largest absolute Gasteiger partial charge is 0.382 e. The van der Waals surface area contributed by atoms with Gasteiger partial charge in [0, 0.05) is 12.5 Å².